The summed E-state index contributed by atoms with van der Waals surface area (Å²) in [5.41, 5.74) is 0.801. The van der Waals surface area contributed by atoms with Gasteiger partial charge in [0.2, 0.25) is 5.82 Å². The first-order valence-electron chi connectivity index (χ1n) is 4.35. The van der Waals surface area contributed by atoms with Gasteiger partial charge in [-0.25, -0.2) is 9.67 Å². The van der Waals surface area contributed by atoms with E-state index in [4.69, 9.17) is 4.74 Å². The Balaban J connectivity index is 2.39. The van der Waals surface area contributed by atoms with Gasteiger partial charge < -0.3 is 4.74 Å². The number of nitrogens with zero attached hydrogens (tertiary/aromatic N) is 3. The van der Waals surface area contributed by atoms with Crippen molar-refractivity contribution in [2.75, 3.05) is 7.11 Å². The van der Waals surface area contributed by atoms with Crippen LogP contribution in [0.1, 0.15) is 10.6 Å². The van der Waals surface area contributed by atoms with Crippen LogP contribution in [0.3, 0.4) is 0 Å². The first-order valence-corrected chi connectivity index (χ1v) is 4.35. The molecule has 1 aromatic carbocycles. The zero-order chi connectivity index (χ0) is 10.7. The van der Waals surface area contributed by atoms with Crippen LogP contribution in [0.4, 0.5) is 0 Å². The molecule has 76 valence electrons. The molecular weight excluding hydrogens is 194 g/mol. The number of benzene rings is 1. The molecule has 2 aromatic rings. The Kier molecular flexibility index (Phi) is 2.45. The smallest absolute Gasteiger partial charge is 0.214 e. The molecule has 5 heteroatoms. The number of ether oxygens (including phenoxy) is 1. The van der Waals surface area contributed by atoms with E-state index in [1.807, 2.05) is 24.3 Å². The van der Waals surface area contributed by atoms with Gasteiger partial charge in [0.15, 0.2) is 6.29 Å². The molecule has 0 spiro atoms. The summed E-state index contributed by atoms with van der Waals surface area (Å²) in [6.07, 6.45) is 2.09. The van der Waals surface area contributed by atoms with Crippen LogP contribution in [-0.2, 0) is 0 Å². The first-order chi connectivity index (χ1) is 7.33. The molecule has 0 atom stereocenters. The summed E-state index contributed by atoms with van der Waals surface area (Å²) in [6, 6.07) is 7.34. The van der Waals surface area contributed by atoms with Crippen LogP contribution in [0.25, 0.3) is 5.69 Å². The van der Waals surface area contributed by atoms with Crippen LogP contribution in [-0.4, -0.2) is 28.2 Å². The molecule has 0 amide bonds. The number of hydrogen-bond donors (Lipinski definition) is 0. The highest BCUT2D eigenvalue weighted by atomic mass is 16.5. The normalized spacial score (nSPS) is 9.93. The number of aldehydes is 1. The van der Waals surface area contributed by atoms with Gasteiger partial charge in [-0.05, 0) is 12.1 Å². The average Bonchev–Trinajstić information content (AvgIpc) is 2.78. The zero-order valence-electron chi connectivity index (χ0n) is 8.12. The summed E-state index contributed by atoms with van der Waals surface area (Å²) in [4.78, 5) is 14.2. The lowest BCUT2D eigenvalue weighted by molar-refractivity contribution is 0.111. The Bertz CT molecular complexity index is 479. The van der Waals surface area contributed by atoms with Crippen LogP contribution in [0, 0.1) is 0 Å². The molecule has 1 heterocycles. The van der Waals surface area contributed by atoms with E-state index in [-0.39, 0.29) is 5.82 Å². The molecule has 0 aliphatic heterocycles. The molecule has 5 nitrogen and oxygen atoms in total. The number of carbonyl (C=O) groups is 1. The van der Waals surface area contributed by atoms with E-state index in [0.29, 0.717) is 6.29 Å². The minimum atomic E-state index is 0.165. The van der Waals surface area contributed by atoms with E-state index >= 15 is 0 Å². The van der Waals surface area contributed by atoms with Crippen LogP contribution < -0.4 is 4.74 Å². The second-order valence-electron chi connectivity index (χ2n) is 2.87. The minimum Gasteiger partial charge on any atom is -0.497 e. The molecule has 1 aromatic heterocycles. The Morgan fingerprint density at radius 1 is 1.47 bits per heavy atom. The van der Waals surface area contributed by atoms with E-state index < -0.39 is 0 Å². The Hall–Kier alpha value is -2.17. The maximum atomic E-state index is 10.4. The quantitative estimate of drug-likeness (QED) is 0.700. The van der Waals surface area contributed by atoms with Crippen LogP contribution in [0.15, 0.2) is 30.6 Å². The van der Waals surface area contributed by atoms with E-state index in [1.165, 1.54) is 11.0 Å². The first kappa shape index (κ1) is 9.39. The summed E-state index contributed by atoms with van der Waals surface area (Å²) in [5.74, 6) is 0.897. The van der Waals surface area contributed by atoms with E-state index in [9.17, 15) is 4.79 Å². The molecule has 0 radical (unpaired) electrons. The molecule has 0 unspecified atom stereocenters. The molecule has 2 rings (SSSR count). The van der Waals surface area contributed by atoms with Gasteiger partial charge in [-0.2, -0.15) is 0 Å². The highest BCUT2D eigenvalue weighted by Gasteiger charge is 2.02. The van der Waals surface area contributed by atoms with Gasteiger partial charge in [0.1, 0.15) is 12.1 Å². The van der Waals surface area contributed by atoms with Crippen molar-refractivity contribution in [1.82, 2.24) is 14.8 Å². The third-order valence-electron chi connectivity index (χ3n) is 1.93. The second kappa shape index (κ2) is 3.91. The highest BCUT2D eigenvalue weighted by molar-refractivity contribution is 5.68. The maximum Gasteiger partial charge on any atom is 0.214 e. The van der Waals surface area contributed by atoms with Crippen LogP contribution >= 0.6 is 0 Å². The third-order valence-corrected chi connectivity index (χ3v) is 1.93. The molecule has 0 fully saturated rings. The molecule has 0 aliphatic rings. The van der Waals surface area contributed by atoms with Gasteiger partial charge >= 0.3 is 0 Å². The van der Waals surface area contributed by atoms with Gasteiger partial charge in [0.05, 0.1) is 12.8 Å². The van der Waals surface area contributed by atoms with Crippen molar-refractivity contribution in [3.8, 4) is 11.4 Å². The van der Waals surface area contributed by atoms with E-state index in [2.05, 4.69) is 10.1 Å². The summed E-state index contributed by atoms with van der Waals surface area (Å²) in [5, 5.41) is 3.96. The molecule has 0 bridgehead atoms. The van der Waals surface area contributed by atoms with Gasteiger partial charge in [0, 0.05) is 6.07 Å². The van der Waals surface area contributed by atoms with Crippen molar-refractivity contribution in [2.24, 2.45) is 0 Å². The lowest BCUT2D eigenvalue weighted by Crippen LogP contribution is -1.96. The van der Waals surface area contributed by atoms with E-state index in [0.717, 1.165) is 11.4 Å². The molecule has 0 saturated heterocycles. The maximum absolute atomic E-state index is 10.4. The van der Waals surface area contributed by atoms with Gasteiger partial charge in [-0.3, -0.25) is 4.79 Å². The lowest BCUT2D eigenvalue weighted by atomic mass is 10.3. The molecular formula is C10H9N3O2. The fourth-order valence-electron chi connectivity index (χ4n) is 1.21. The molecule has 15 heavy (non-hydrogen) atoms. The Labute approximate surface area is 86.3 Å². The zero-order valence-corrected chi connectivity index (χ0v) is 8.12. The fourth-order valence-corrected chi connectivity index (χ4v) is 1.21. The molecule has 0 aliphatic carbocycles. The number of carbonyl (C=O) groups excluding carboxylic acids is 1. The predicted octanol–water partition coefficient (Wildman–Crippen LogP) is 1.09. The minimum absolute atomic E-state index is 0.165. The van der Waals surface area contributed by atoms with Crippen molar-refractivity contribution in [3.05, 3.63) is 36.4 Å². The van der Waals surface area contributed by atoms with E-state index in [1.54, 1.807) is 7.11 Å². The summed E-state index contributed by atoms with van der Waals surface area (Å²) < 4.78 is 6.60. The summed E-state index contributed by atoms with van der Waals surface area (Å²) in [7, 11) is 1.59. The molecule has 0 N–H and O–H groups in total. The fraction of sp³-hybridized carbons (Fsp3) is 0.100. The van der Waals surface area contributed by atoms with Crippen LogP contribution in [0.2, 0.25) is 0 Å². The number of aromatic nitrogens is 3. The third kappa shape index (κ3) is 1.85. The standard InChI is InChI=1S/C10H9N3O2/c1-15-9-4-2-3-8(5-9)13-7-11-10(6-14)12-13/h2-7H,1H3. The summed E-state index contributed by atoms with van der Waals surface area (Å²) >= 11 is 0. The highest BCUT2D eigenvalue weighted by Crippen LogP contribution is 2.14. The second-order valence-corrected chi connectivity index (χ2v) is 2.87. The van der Waals surface area contributed by atoms with Gasteiger partial charge in [-0.1, -0.05) is 6.07 Å². The number of hydrogen-bond acceptors (Lipinski definition) is 4. The Morgan fingerprint density at radius 2 is 2.33 bits per heavy atom. The van der Waals surface area contributed by atoms with Crippen molar-refractivity contribution in [2.45, 2.75) is 0 Å². The largest absolute Gasteiger partial charge is 0.497 e. The van der Waals surface area contributed by atoms with Crippen LogP contribution in [0.5, 0.6) is 5.75 Å². The average molecular weight is 203 g/mol. The van der Waals surface area contributed by atoms with Crippen molar-refractivity contribution >= 4 is 6.29 Å². The van der Waals surface area contributed by atoms with Crippen molar-refractivity contribution in [3.63, 3.8) is 0 Å². The number of rotatable bonds is 3. The van der Waals surface area contributed by atoms with Crippen molar-refractivity contribution < 1.29 is 9.53 Å². The Morgan fingerprint density at radius 3 is 3.00 bits per heavy atom. The summed E-state index contributed by atoms with van der Waals surface area (Å²) in [6.45, 7) is 0. The van der Waals surface area contributed by atoms with Crippen molar-refractivity contribution in [1.29, 1.82) is 0 Å². The molecule has 0 saturated carbocycles. The lowest BCUT2D eigenvalue weighted by Gasteiger charge is -2.02. The van der Waals surface area contributed by atoms with Gasteiger partial charge in [0.25, 0.3) is 0 Å². The van der Waals surface area contributed by atoms with Gasteiger partial charge in [-0.15, -0.1) is 5.10 Å². The monoisotopic (exact) mass is 203 g/mol. The predicted molar refractivity (Wildman–Crippen MR) is 53.3 cm³/mol. The number of methoxy groups -OCH3 is 1. The topological polar surface area (TPSA) is 57.0 Å². The SMILES string of the molecule is COc1cccc(-n2cnc(C=O)n2)c1.